The highest BCUT2D eigenvalue weighted by Crippen LogP contribution is 2.18. The molecule has 0 aliphatic rings. The molecule has 2 N–H and O–H groups in total. The van der Waals surface area contributed by atoms with E-state index in [-0.39, 0.29) is 18.2 Å². The molecule has 0 saturated carbocycles. The molecule has 0 spiro atoms. The van der Waals surface area contributed by atoms with E-state index in [1.807, 2.05) is 24.5 Å². The molecule has 1 aromatic heterocycles. The van der Waals surface area contributed by atoms with Gasteiger partial charge in [0.05, 0.1) is 12.8 Å². The minimum absolute atomic E-state index is 0.108. The number of hydrogen-bond donors (Lipinski definition) is 2. The Labute approximate surface area is 120 Å². The summed E-state index contributed by atoms with van der Waals surface area (Å²) in [6.07, 6.45) is 3.37. The van der Waals surface area contributed by atoms with Crippen LogP contribution in [0, 0.1) is 0 Å². The highest BCUT2D eigenvalue weighted by molar-refractivity contribution is 7.98. The first-order valence-corrected chi connectivity index (χ1v) is 7.17. The van der Waals surface area contributed by atoms with Crippen molar-refractivity contribution in [1.29, 1.82) is 0 Å². The number of nitrogens with one attached hydrogen (secondary N) is 2. The lowest BCUT2D eigenvalue weighted by Gasteiger charge is -2.07. The van der Waals surface area contributed by atoms with Gasteiger partial charge in [-0.15, -0.1) is 11.8 Å². The topological polar surface area (TPSA) is 71.3 Å². The Morgan fingerprint density at radius 2 is 2.10 bits per heavy atom. The van der Waals surface area contributed by atoms with E-state index in [1.165, 1.54) is 12.3 Å². The summed E-state index contributed by atoms with van der Waals surface area (Å²) in [5.41, 5.74) is 0.703. The summed E-state index contributed by atoms with van der Waals surface area (Å²) < 4.78 is 4.93. The Balaban J connectivity index is 1.85. The van der Waals surface area contributed by atoms with Gasteiger partial charge < -0.3 is 15.1 Å². The first-order valence-electron chi connectivity index (χ1n) is 5.94. The van der Waals surface area contributed by atoms with Crippen LogP contribution in [0.2, 0.25) is 0 Å². The molecule has 1 heterocycles. The number of hydrogen-bond acceptors (Lipinski definition) is 4. The normalized spacial score (nSPS) is 10.1. The molecule has 1 aromatic carbocycles. The van der Waals surface area contributed by atoms with Gasteiger partial charge in [-0.25, -0.2) is 0 Å². The van der Waals surface area contributed by atoms with Crippen molar-refractivity contribution >= 4 is 29.3 Å². The van der Waals surface area contributed by atoms with Gasteiger partial charge in [-0.3, -0.25) is 9.59 Å². The fraction of sp³-hybridized carbons (Fsp3) is 0.143. The molecule has 0 unspecified atom stereocenters. The fourth-order valence-electron chi connectivity index (χ4n) is 1.56. The number of benzene rings is 1. The van der Waals surface area contributed by atoms with Crippen molar-refractivity contribution in [2.45, 2.75) is 4.90 Å². The molecule has 0 aliphatic carbocycles. The van der Waals surface area contributed by atoms with E-state index in [4.69, 9.17) is 4.42 Å². The van der Waals surface area contributed by atoms with Crippen LogP contribution < -0.4 is 10.6 Å². The molecule has 2 amide bonds. The van der Waals surface area contributed by atoms with Gasteiger partial charge >= 0.3 is 0 Å². The number of carbonyl (C=O) groups is 2. The predicted molar refractivity (Wildman–Crippen MR) is 77.9 cm³/mol. The maximum Gasteiger partial charge on any atom is 0.287 e. The Hall–Kier alpha value is -2.21. The monoisotopic (exact) mass is 290 g/mol. The quantitative estimate of drug-likeness (QED) is 0.829. The smallest absolute Gasteiger partial charge is 0.287 e. The zero-order chi connectivity index (χ0) is 14.4. The van der Waals surface area contributed by atoms with E-state index in [9.17, 15) is 9.59 Å². The Morgan fingerprint density at radius 3 is 2.80 bits per heavy atom. The SMILES string of the molecule is CSc1cccc(NC(=O)CNC(=O)c2ccco2)c1. The number of anilines is 1. The molecule has 0 radical (unpaired) electrons. The van der Waals surface area contributed by atoms with Crippen molar-refractivity contribution in [2.24, 2.45) is 0 Å². The third kappa shape index (κ3) is 3.89. The van der Waals surface area contributed by atoms with Crippen molar-refractivity contribution in [3.63, 3.8) is 0 Å². The molecule has 2 aromatic rings. The lowest BCUT2D eigenvalue weighted by atomic mass is 10.3. The van der Waals surface area contributed by atoms with Gasteiger partial charge in [0.15, 0.2) is 5.76 Å². The van der Waals surface area contributed by atoms with Crippen LogP contribution in [0.15, 0.2) is 52.0 Å². The second-order valence-corrected chi connectivity index (χ2v) is 4.82. The summed E-state index contributed by atoms with van der Waals surface area (Å²) >= 11 is 1.59. The molecule has 0 atom stereocenters. The molecular formula is C14H14N2O3S. The van der Waals surface area contributed by atoms with E-state index in [1.54, 1.807) is 23.9 Å². The summed E-state index contributed by atoms with van der Waals surface area (Å²) in [5, 5.41) is 5.20. The molecule has 2 rings (SSSR count). The molecular weight excluding hydrogens is 276 g/mol. The zero-order valence-electron chi connectivity index (χ0n) is 10.9. The van der Waals surface area contributed by atoms with Crippen LogP contribution in [-0.4, -0.2) is 24.6 Å². The second kappa shape index (κ2) is 6.81. The lowest BCUT2D eigenvalue weighted by molar-refractivity contribution is -0.115. The van der Waals surface area contributed by atoms with E-state index in [0.29, 0.717) is 5.69 Å². The Bertz CT molecular complexity index is 596. The van der Waals surface area contributed by atoms with Gasteiger partial charge in [0.1, 0.15) is 0 Å². The van der Waals surface area contributed by atoms with Crippen molar-refractivity contribution in [3.8, 4) is 0 Å². The van der Waals surface area contributed by atoms with Crippen molar-refractivity contribution < 1.29 is 14.0 Å². The molecule has 0 aliphatic heterocycles. The Morgan fingerprint density at radius 1 is 1.25 bits per heavy atom. The van der Waals surface area contributed by atoms with Crippen LogP contribution in [0.3, 0.4) is 0 Å². The second-order valence-electron chi connectivity index (χ2n) is 3.94. The highest BCUT2D eigenvalue weighted by Gasteiger charge is 2.10. The van der Waals surface area contributed by atoms with E-state index in [0.717, 1.165) is 4.90 Å². The maximum atomic E-state index is 11.7. The predicted octanol–water partition coefficient (Wildman–Crippen LogP) is 2.37. The average molecular weight is 290 g/mol. The van der Waals surface area contributed by atoms with Gasteiger partial charge in [-0.1, -0.05) is 6.07 Å². The van der Waals surface area contributed by atoms with Crippen LogP contribution in [-0.2, 0) is 4.79 Å². The van der Waals surface area contributed by atoms with Crippen LogP contribution in [0.4, 0.5) is 5.69 Å². The molecule has 6 heteroatoms. The molecule has 0 fully saturated rings. The average Bonchev–Trinajstić information content (AvgIpc) is 2.99. The Kier molecular flexibility index (Phi) is 4.84. The molecule has 0 bridgehead atoms. The van der Waals surface area contributed by atoms with Gasteiger partial charge in [0, 0.05) is 10.6 Å². The maximum absolute atomic E-state index is 11.7. The van der Waals surface area contributed by atoms with Crippen molar-refractivity contribution in [1.82, 2.24) is 5.32 Å². The first kappa shape index (κ1) is 14.2. The van der Waals surface area contributed by atoms with Crippen molar-refractivity contribution in [2.75, 3.05) is 18.1 Å². The molecule has 0 saturated heterocycles. The summed E-state index contributed by atoms with van der Waals surface area (Å²) in [5.74, 6) is -0.520. The molecule has 20 heavy (non-hydrogen) atoms. The molecule has 104 valence electrons. The van der Waals surface area contributed by atoms with Gasteiger partial charge in [-0.2, -0.15) is 0 Å². The van der Waals surface area contributed by atoms with Crippen LogP contribution in [0.25, 0.3) is 0 Å². The van der Waals surface area contributed by atoms with E-state index < -0.39 is 5.91 Å². The largest absolute Gasteiger partial charge is 0.459 e. The summed E-state index contributed by atoms with van der Waals surface area (Å²) in [7, 11) is 0. The van der Waals surface area contributed by atoms with E-state index >= 15 is 0 Å². The standard InChI is InChI=1S/C14H14N2O3S/c1-20-11-5-2-4-10(8-11)16-13(17)9-15-14(18)12-6-3-7-19-12/h2-8H,9H2,1H3,(H,15,18)(H,16,17). The van der Waals surface area contributed by atoms with Gasteiger partial charge in [-0.05, 0) is 36.6 Å². The van der Waals surface area contributed by atoms with Gasteiger partial charge in [0.2, 0.25) is 5.91 Å². The number of carbonyl (C=O) groups excluding carboxylic acids is 2. The minimum Gasteiger partial charge on any atom is -0.459 e. The number of thioether (sulfide) groups is 1. The highest BCUT2D eigenvalue weighted by atomic mass is 32.2. The minimum atomic E-state index is -0.414. The third-order valence-electron chi connectivity index (χ3n) is 2.51. The fourth-order valence-corrected chi connectivity index (χ4v) is 2.02. The zero-order valence-corrected chi connectivity index (χ0v) is 11.7. The van der Waals surface area contributed by atoms with E-state index in [2.05, 4.69) is 10.6 Å². The van der Waals surface area contributed by atoms with Crippen LogP contribution in [0.5, 0.6) is 0 Å². The first-order chi connectivity index (χ1) is 9.69. The van der Waals surface area contributed by atoms with Gasteiger partial charge in [0.25, 0.3) is 5.91 Å². The summed E-state index contributed by atoms with van der Waals surface area (Å²) in [6.45, 7) is -0.108. The van der Waals surface area contributed by atoms with Crippen molar-refractivity contribution in [3.05, 3.63) is 48.4 Å². The third-order valence-corrected chi connectivity index (χ3v) is 3.23. The summed E-state index contributed by atoms with van der Waals surface area (Å²) in [4.78, 5) is 24.4. The summed E-state index contributed by atoms with van der Waals surface area (Å²) in [6, 6.07) is 10.6. The van der Waals surface area contributed by atoms with Crippen LogP contribution >= 0.6 is 11.8 Å². The molecule has 5 nitrogen and oxygen atoms in total. The number of rotatable bonds is 5. The van der Waals surface area contributed by atoms with Crippen LogP contribution in [0.1, 0.15) is 10.6 Å². The number of amides is 2. The lowest BCUT2D eigenvalue weighted by Crippen LogP contribution is -2.32. The number of furan rings is 1.